The number of aryl methyl sites for hydroxylation is 1. The summed E-state index contributed by atoms with van der Waals surface area (Å²) in [6.07, 6.45) is 5.39. The van der Waals surface area contributed by atoms with Crippen LogP contribution in [-0.4, -0.2) is 26.6 Å². The Morgan fingerprint density at radius 1 is 1.16 bits per heavy atom. The number of hydrogen-bond donors (Lipinski definition) is 0. The van der Waals surface area contributed by atoms with Crippen LogP contribution in [0.15, 0.2) is 42.9 Å². The lowest BCUT2D eigenvalue weighted by atomic mass is 10.2. The molecular formula is C14H15N5. The third-order valence-electron chi connectivity index (χ3n) is 3.03. The molecule has 0 aliphatic heterocycles. The van der Waals surface area contributed by atoms with Crippen molar-refractivity contribution in [3.63, 3.8) is 0 Å². The van der Waals surface area contributed by atoms with E-state index in [1.807, 2.05) is 48.1 Å². The van der Waals surface area contributed by atoms with E-state index in [0.717, 1.165) is 23.7 Å². The van der Waals surface area contributed by atoms with E-state index in [0.29, 0.717) is 0 Å². The molecule has 0 saturated carbocycles. The molecule has 0 aliphatic carbocycles. The highest BCUT2D eigenvalue weighted by Gasteiger charge is 2.09. The van der Waals surface area contributed by atoms with Crippen molar-refractivity contribution in [3.05, 3.63) is 54.1 Å². The third-order valence-corrected chi connectivity index (χ3v) is 3.03. The molecule has 19 heavy (non-hydrogen) atoms. The van der Waals surface area contributed by atoms with E-state index in [9.17, 15) is 0 Å². The maximum Gasteiger partial charge on any atom is 0.157 e. The summed E-state index contributed by atoms with van der Waals surface area (Å²) in [6, 6.07) is 7.99. The van der Waals surface area contributed by atoms with Crippen LogP contribution in [0, 0.1) is 6.92 Å². The highest BCUT2D eigenvalue weighted by Crippen LogP contribution is 2.17. The normalized spacial score (nSPS) is 10.8. The first kappa shape index (κ1) is 11.6. The van der Waals surface area contributed by atoms with Gasteiger partial charge >= 0.3 is 0 Å². The summed E-state index contributed by atoms with van der Waals surface area (Å²) in [4.78, 5) is 10.6. The minimum absolute atomic E-state index is 0.806. The molecular weight excluding hydrogens is 238 g/mol. The molecule has 0 saturated heterocycles. The average molecular weight is 253 g/mol. The predicted molar refractivity (Wildman–Crippen MR) is 74.1 cm³/mol. The number of aromatic nitrogens is 4. The first-order valence-electron chi connectivity index (χ1n) is 6.15. The number of hydrogen-bond acceptors (Lipinski definition) is 4. The zero-order chi connectivity index (χ0) is 13.2. The molecule has 3 aromatic rings. The Labute approximate surface area is 111 Å². The third kappa shape index (κ3) is 2.27. The fourth-order valence-electron chi connectivity index (χ4n) is 2.13. The van der Waals surface area contributed by atoms with Crippen LogP contribution >= 0.6 is 0 Å². The van der Waals surface area contributed by atoms with Crippen molar-refractivity contribution in [2.45, 2.75) is 13.5 Å². The fourth-order valence-corrected chi connectivity index (χ4v) is 2.13. The van der Waals surface area contributed by atoms with Gasteiger partial charge in [-0.3, -0.25) is 4.98 Å². The summed E-state index contributed by atoms with van der Waals surface area (Å²) in [6.45, 7) is 2.80. The lowest BCUT2D eigenvalue weighted by Crippen LogP contribution is -2.20. The van der Waals surface area contributed by atoms with Crippen molar-refractivity contribution in [2.24, 2.45) is 0 Å². The van der Waals surface area contributed by atoms with Gasteiger partial charge in [0.2, 0.25) is 0 Å². The van der Waals surface area contributed by atoms with E-state index < -0.39 is 0 Å². The second-order valence-electron chi connectivity index (χ2n) is 4.57. The van der Waals surface area contributed by atoms with Gasteiger partial charge in [-0.2, -0.15) is 9.61 Å². The average Bonchev–Trinajstić information content (AvgIpc) is 2.86. The van der Waals surface area contributed by atoms with Gasteiger partial charge in [-0.1, -0.05) is 0 Å². The van der Waals surface area contributed by atoms with Crippen molar-refractivity contribution in [1.82, 2.24) is 19.6 Å². The molecule has 0 bridgehead atoms. The van der Waals surface area contributed by atoms with Crippen LogP contribution in [0.5, 0.6) is 0 Å². The van der Waals surface area contributed by atoms with Gasteiger partial charge in [0.1, 0.15) is 5.82 Å². The SMILES string of the molecule is Cc1cc(N(C)Cc2ccncc2)n2nccc2n1. The van der Waals surface area contributed by atoms with E-state index in [-0.39, 0.29) is 0 Å². The molecule has 0 fully saturated rings. The first-order valence-corrected chi connectivity index (χ1v) is 6.15. The molecule has 0 aliphatic rings. The van der Waals surface area contributed by atoms with Gasteiger partial charge in [-0.15, -0.1) is 0 Å². The molecule has 0 N–H and O–H groups in total. The lowest BCUT2D eigenvalue weighted by molar-refractivity contribution is 0.827. The molecule has 0 aromatic carbocycles. The Balaban J connectivity index is 1.97. The Bertz CT molecular complexity index is 689. The molecule has 0 unspecified atom stereocenters. The van der Waals surface area contributed by atoms with Crippen LogP contribution in [0.2, 0.25) is 0 Å². The van der Waals surface area contributed by atoms with Crippen molar-refractivity contribution in [2.75, 3.05) is 11.9 Å². The van der Waals surface area contributed by atoms with Gasteiger partial charge in [-0.05, 0) is 24.6 Å². The molecule has 0 spiro atoms. The van der Waals surface area contributed by atoms with Crippen LogP contribution in [0.25, 0.3) is 5.65 Å². The zero-order valence-electron chi connectivity index (χ0n) is 11.0. The van der Waals surface area contributed by atoms with Crippen LogP contribution in [0.4, 0.5) is 5.82 Å². The van der Waals surface area contributed by atoms with E-state index in [2.05, 4.69) is 27.0 Å². The molecule has 96 valence electrons. The summed E-state index contributed by atoms with van der Waals surface area (Å²) in [5.74, 6) is 1.03. The van der Waals surface area contributed by atoms with Gasteiger partial charge < -0.3 is 4.90 Å². The van der Waals surface area contributed by atoms with Gasteiger partial charge in [0, 0.05) is 43.8 Å². The number of fused-ring (bicyclic) bond motifs is 1. The second-order valence-corrected chi connectivity index (χ2v) is 4.57. The summed E-state index contributed by atoms with van der Waals surface area (Å²) in [7, 11) is 2.05. The maximum absolute atomic E-state index is 4.45. The Morgan fingerprint density at radius 3 is 2.74 bits per heavy atom. The molecule has 5 nitrogen and oxygen atoms in total. The highest BCUT2D eigenvalue weighted by atomic mass is 15.3. The minimum atomic E-state index is 0.806. The van der Waals surface area contributed by atoms with Crippen molar-refractivity contribution < 1.29 is 0 Å². The van der Waals surface area contributed by atoms with E-state index in [1.54, 1.807) is 6.20 Å². The van der Waals surface area contributed by atoms with Gasteiger partial charge in [0.25, 0.3) is 0 Å². The van der Waals surface area contributed by atoms with Crippen molar-refractivity contribution in [1.29, 1.82) is 0 Å². The topological polar surface area (TPSA) is 46.3 Å². The van der Waals surface area contributed by atoms with Gasteiger partial charge in [0.15, 0.2) is 5.65 Å². The molecule has 3 heterocycles. The summed E-state index contributed by atoms with van der Waals surface area (Å²) >= 11 is 0. The van der Waals surface area contributed by atoms with Gasteiger partial charge in [-0.25, -0.2) is 4.98 Å². The maximum atomic E-state index is 4.45. The van der Waals surface area contributed by atoms with E-state index in [1.165, 1.54) is 5.56 Å². The molecule has 3 rings (SSSR count). The smallest absolute Gasteiger partial charge is 0.157 e. The Morgan fingerprint density at radius 2 is 1.95 bits per heavy atom. The van der Waals surface area contributed by atoms with Crippen molar-refractivity contribution in [3.8, 4) is 0 Å². The molecule has 3 aromatic heterocycles. The monoisotopic (exact) mass is 253 g/mol. The molecule has 0 radical (unpaired) electrons. The quantitative estimate of drug-likeness (QED) is 0.717. The van der Waals surface area contributed by atoms with Crippen molar-refractivity contribution >= 4 is 11.5 Å². The van der Waals surface area contributed by atoms with Crippen LogP contribution < -0.4 is 4.90 Å². The Kier molecular flexibility index (Phi) is 2.87. The van der Waals surface area contributed by atoms with E-state index >= 15 is 0 Å². The standard InChI is InChI=1S/C14H15N5/c1-11-9-14(19-13(17-11)5-8-16-19)18(2)10-12-3-6-15-7-4-12/h3-9H,10H2,1-2H3. The second kappa shape index (κ2) is 4.68. The van der Waals surface area contributed by atoms with Crippen LogP contribution in [0.3, 0.4) is 0 Å². The number of rotatable bonds is 3. The molecule has 0 amide bonds. The Hall–Kier alpha value is -2.43. The summed E-state index contributed by atoms with van der Waals surface area (Å²) < 4.78 is 1.86. The fraction of sp³-hybridized carbons (Fsp3) is 0.214. The highest BCUT2D eigenvalue weighted by molar-refractivity contribution is 5.50. The summed E-state index contributed by atoms with van der Waals surface area (Å²) in [5, 5.41) is 4.32. The zero-order valence-corrected chi connectivity index (χ0v) is 11.0. The molecule has 0 atom stereocenters. The van der Waals surface area contributed by atoms with E-state index in [4.69, 9.17) is 0 Å². The van der Waals surface area contributed by atoms with Crippen LogP contribution in [0.1, 0.15) is 11.3 Å². The van der Waals surface area contributed by atoms with Crippen LogP contribution in [-0.2, 0) is 6.54 Å². The minimum Gasteiger partial charge on any atom is -0.355 e. The number of anilines is 1. The first-order chi connectivity index (χ1) is 9.24. The number of nitrogens with zero attached hydrogens (tertiary/aromatic N) is 5. The van der Waals surface area contributed by atoms with Gasteiger partial charge in [0.05, 0.1) is 6.20 Å². The molecule has 5 heteroatoms. The predicted octanol–water partition coefficient (Wildman–Crippen LogP) is 2.07. The largest absolute Gasteiger partial charge is 0.355 e. The summed E-state index contributed by atoms with van der Waals surface area (Å²) in [5.41, 5.74) is 3.08. The lowest BCUT2D eigenvalue weighted by Gasteiger charge is -2.20. The number of pyridine rings is 1.